The molecule has 6 heteroatoms. The lowest BCUT2D eigenvalue weighted by Gasteiger charge is -2.10. The van der Waals surface area contributed by atoms with Gasteiger partial charge in [0.2, 0.25) is 0 Å². The summed E-state index contributed by atoms with van der Waals surface area (Å²) in [6.07, 6.45) is 2.93. The highest BCUT2D eigenvalue weighted by molar-refractivity contribution is 6.02. The second-order valence-corrected chi connectivity index (χ2v) is 5.88. The van der Waals surface area contributed by atoms with Gasteiger partial charge in [0.1, 0.15) is 11.5 Å². The van der Waals surface area contributed by atoms with Crippen molar-refractivity contribution in [2.45, 2.75) is 13.8 Å². The summed E-state index contributed by atoms with van der Waals surface area (Å²) < 4.78 is 0. The maximum absolute atomic E-state index is 12.3. The fourth-order valence-electron chi connectivity index (χ4n) is 2.46. The van der Waals surface area contributed by atoms with E-state index < -0.39 is 0 Å². The minimum absolute atomic E-state index is 0.193. The van der Waals surface area contributed by atoms with Crippen LogP contribution in [0.3, 0.4) is 0 Å². The molecule has 0 fully saturated rings. The summed E-state index contributed by atoms with van der Waals surface area (Å²) in [6.45, 7) is 4.05. The second-order valence-electron chi connectivity index (χ2n) is 5.88. The number of amides is 1. The number of aryl methyl sites for hydroxylation is 2. The van der Waals surface area contributed by atoms with Crippen LogP contribution >= 0.6 is 0 Å². The highest BCUT2D eigenvalue weighted by atomic mass is 16.1. The van der Waals surface area contributed by atoms with Gasteiger partial charge in [-0.2, -0.15) is 5.26 Å². The van der Waals surface area contributed by atoms with Gasteiger partial charge in [0.15, 0.2) is 0 Å². The average molecular weight is 343 g/mol. The predicted molar refractivity (Wildman–Crippen MR) is 100 cm³/mol. The van der Waals surface area contributed by atoms with E-state index in [2.05, 4.69) is 26.7 Å². The molecule has 0 spiro atoms. The Bertz CT molecular complexity index is 990. The second kappa shape index (κ2) is 7.45. The molecule has 3 aromatic rings. The van der Waals surface area contributed by atoms with E-state index in [1.54, 1.807) is 24.3 Å². The topological polar surface area (TPSA) is 90.7 Å². The van der Waals surface area contributed by atoms with Crippen LogP contribution < -0.4 is 10.6 Å². The predicted octanol–water partition coefficient (Wildman–Crippen LogP) is 3.96. The molecule has 0 aliphatic rings. The molecule has 0 atom stereocenters. The van der Waals surface area contributed by atoms with Crippen LogP contribution in [0, 0.1) is 25.2 Å². The van der Waals surface area contributed by atoms with Crippen molar-refractivity contribution in [3.8, 4) is 6.07 Å². The Labute approximate surface area is 151 Å². The lowest BCUT2D eigenvalue weighted by molar-refractivity contribution is 0.102. The number of aromatic nitrogens is 2. The van der Waals surface area contributed by atoms with E-state index in [1.165, 1.54) is 18.0 Å². The summed E-state index contributed by atoms with van der Waals surface area (Å²) in [5.41, 5.74) is 4.43. The van der Waals surface area contributed by atoms with E-state index >= 15 is 0 Å². The molecule has 128 valence electrons. The van der Waals surface area contributed by atoms with Gasteiger partial charge < -0.3 is 10.6 Å². The molecule has 0 saturated heterocycles. The molecule has 0 saturated carbocycles. The summed E-state index contributed by atoms with van der Waals surface area (Å²) in [5, 5.41) is 14.8. The molecule has 6 nitrogen and oxygen atoms in total. The van der Waals surface area contributed by atoms with E-state index in [0.717, 1.165) is 11.3 Å². The minimum atomic E-state index is -0.384. The number of carbonyl (C=O) groups is 1. The molecule has 1 aromatic heterocycles. The SMILES string of the molecule is Cc1ccc(Nc2cnc(C(=O)Nc3cccc(C#N)c3)cn2)c(C)c1. The quantitative estimate of drug-likeness (QED) is 0.748. The maximum Gasteiger partial charge on any atom is 0.275 e. The third kappa shape index (κ3) is 4.02. The van der Waals surface area contributed by atoms with Crippen molar-refractivity contribution in [1.29, 1.82) is 5.26 Å². The summed E-state index contributed by atoms with van der Waals surface area (Å²) in [7, 11) is 0. The molecule has 0 radical (unpaired) electrons. The number of benzene rings is 2. The van der Waals surface area contributed by atoms with Crippen LogP contribution in [-0.2, 0) is 0 Å². The fourth-order valence-corrected chi connectivity index (χ4v) is 2.46. The Kier molecular flexibility index (Phi) is 4.90. The molecular formula is C20H17N5O. The number of nitrogens with one attached hydrogen (secondary N) is 2. The van der Waals surface area contributed by atoms with E-state index in [0.29, 0.717) is 17.1 Å². The van der Waals surface area contributed by atoms with Gasteiger partial charge in [0, 0.05) is 11.4 Å². The first kappa shape index (κ1) is 17.1. The smallest absolute Gasteiger partial charge is 0.275 e. The number of rotatable bonds is 4. The summed E-state index contributed by atoms with van der Waals surface area (Å²) in [5.74, 6) is 0.172. The van der Waals surface area contributed by atoms with Gasteiger partial charge in [-0.3, -0.25) is 4.79 Å². The Balaban J connectivity index is 1.70. The van der Waals surface area contributed by atoms with Crippen molar-refractivity contribution in [1.82, 2.24) is 9.97 Å². The highest BCUT2D eigenvalue weighted by Crippen LogP contribution is 2.20. The van der Waals surface area contributed by atoms with Crippen molar-refractivity contribution in [2.75, 3.05) is 10.6 Å². The molecule has 1 amide bonds. The molecule has 0 unspecified atom stereocenters. The van der Waals surface area contributed by atoms with Crippen molar-refractivity contribution in [3.63, 3.8) is 0 Å². The number of anilines is 3. The number of carbonyl (C=O) groups excluding carboxylic acids is 1. The van der Waals surface area contributed by atoms with Crippen LogP contribution in [0.25, 0.3) is 0 Å². The molecule has 0 aliphatic heterocycles. The van der Waals surface area contributed by atoms with Gasteiger partial charge in [-0.1, -0.05) is 23.8 Å². The first-order valence-electron chi connectivity index (χ1n) is 8.03. The molecule has 2 aromatic carbocycles. The maximum atomic E-state index is 12.3. The van der Waals surface area contributed by atoms with Gasteiger partial charge in [0.05, 0.1) is 24.0 Å². The van der Waals surface area contributed by atoms with Crippen LogP contribution in [-0.4, -0.2) is 15.9 Å². The first-order chi connectivity index (χ1) is 12.5. The fraction of sp³-hybridized carbons (Fsp3) is 0.100. The largest absolute Gasteiger partial charge is 0.339 e. The molecule has 1 heterocycles. The Hall–Kier alpha value is -3.72. The van der Waals surface area contributed by atoms with Crippen molar-refractivity contribution in [3.05, 3.63) is 77.2 Å². The molecular weight excluding hydrogens is 326 g/mol. The molecule has 0 bridgehead atoms. The van der Waals surface area contributed by atoms with Crippen LogP contribution in [0.1, 0.15) is 27.2 Å². The monoisotopic (exact) mass is 343 g/mol. The number of nitriles is 1. The standard InChI is InChI=1S/C20H17N5O/c1-13-6-7-17(14(2)8-13)25-19-12-22-18(11-23-19)20(26)24-16-5-3-4-15(9-16)10-21/h3-9,11-12H,1-2H3,(H,23,25)(H,24,26). The Morgan fingerprint density at radius 3 is 2.62 bits per heavy atom. The van der Waals surface area contributed by atoms with E-state index in [4.69, 9.17) is 5.26 Å². The average Bonchev–Trinajstić information content (AvgIpc) is 2.64. The summed E-state index contributed by atoms with van der Waals surface area (Å²) >= 11 is 0. The van der Waals surface area contributed by atoms with Crippen molar-refractivity contribution < 1.29 is 4.79 Å². The third-order valence-corrected chi connectivity index (χ3v) is 3.78. The van der Waals surface area contributed by atoms with Crippen molar-refractivity contribution >= 4 is 23.1 Å². The van der Waals surface area contributed by atoms with Crippen LogP contribution in [0.4, 0.5) is 17.2 Å². The Morgan fingerprint density at radius 2 is 1.92 bits per heavy atom. The Morgan fingerprint density at radius 1 is 1.08 bits per heavy atom. The highest BCUT2D eigenvalue weighted by Gasteiger charge is 2.09. The molecule has 3 rings (SSSR count). The number of hydrogen-bond donors (Lipinski definition) is 2. The van der Waals surface area contributed by atoms with Gasteiger partial charge >= 0.3 is 0 Å². The van der Waals surface area contributed by atoms with Crippen molar-refractivity contribution in [2.24, 2.45) is 0 Å². The van der Waals surface area contributed by atoms with Gasteiger partial charge in [0.25, 0.3) is 5.91 Å². The number of hydrogen-bond acceptors (Lipinski definition) is 5. The van der Waals surface area contributed by atoms with Gasteiger partial charge in [-0.15, -0.1) is 0 Å². The van der Waals surface area contributed by atoms with Crippen LogP contribution in [0.2, 0.25) is 0 Å². The van der Waals surface area contributed by atoms with E-state index in [9.17, 15) is 4.79 Å². The zero-order valence-electron chi connectivity index (χ0n) is 14.4. The lowest BCUT2D eigenvalue weighted by Crippen LogP contribution is -2.14. The van der Waals surface area contributed by atoms with Crippen LogP contribution in [0.5, 0.6) is 0 Å². The third-order valence-electron chi connectivity index (χ3n) is 3.78. The van der Waals surface area contributed by atoms with Gasteiger partial charge in [-0.25, -0.2) is 9.97 Å². The number of nitrogens with zero attached hydrogens (tertiary/aromatic N) is 3. The minimum Gasteiger partial charge on any atom is -0.339 e. The zero-order valence-corrected chi connectivity index (χ0v) is 14.4. The molecule has 2 N–H and O–H groups in total. The molecule has 26 heavy (non-hydrogen) atoms. The van der Waals surface area contributed by atoms with E-state index in [-0.39, 0.29) is 11.6 Å². The first-order valence-corrected chi connectivity index (χ1v) is 8.03. The summed E-state index contributed by atoms with van der Waals surface area (Å²) in [4.78, 5) is 20.7. The van der Waals surface area contributed by atoms with Crippen LogP contribution in [0.15, 0.2) is 54.9 Å². The molecule has 0 aliphatic carbocycles. The summed E-state index contributed by atoms with van der Waals surface area (Å²) in [6, 6.07) is 14.8. The zero-order chi connectivity index (χ0) is 18.5. The van der Waals surface area contributed by atoms with Gasteiger partial charge in [-0.05, 0) is 43.7 Å². The lowest BCUT2D eigenvalue weighted by atomic mass is 10.1. The normalized spacial score (nSPS) is 10.0. The van der Waals surface area contributed by atoms with E-state index in [1.807, 2.05) is 32.0 Å².